The number of nitrogens with one attached hydrogen (secondary N) is 1. The maximum absolute atomic E-state index is 12.1. The fourth-order valence-corrected chi connectivity index (χ4v) is 3.07. The van der Waals surface area contributed by atoms with E-state index in [9.17, 15) is 4.79 Å². The lowest BCUT2D eigenvalue weighted by atomic mass is 10.2. The minimum Gasteiger partial charge on any atom is -0.484 e. The maximum atomic E-state index is 12.1. The van der Waals surface area contributed by atoms with Gasteiger partial charge >= 0.3 is 0 Å². The molecule has 0 spiro atoms. The Bertz CT molecular complexity index is 871. The standard InChI is InChI=1S/C20H20N4O3/c25-19(22-16-5-7-17(8-6-16)24-11-1-2-12-24)13-26-18-9-3-15(4-10-18)20-23-21-14-27-20/h3-10,14H,1-2,11-13H2,(H,22,25). The largest absolute Gasteiger partial charge is 0.484 e. The Balaban J connectivity index is 1.28. The van der Waals surface area contributed by atoms with E-state index in [2.05, 4.69) is 20.4 Å². The highest BCUT2D eigenvalue weighted by molar-refractivity contribution is 5.92. The number of hydrogen-bond donors (Lipinski definition) is 1. The Labute approximate surface area is 157 Å². The van der Waals surface area contributed by atoms with Gasteiger partial charge in [0.25, 0.3) is 5.91 Å². The summed E-state index contributed by atoms with van der Waals surface area (Å²) in [5.41, 5.74) is 2.75. The first-order valence-electron chi connectivity index (χ1n) is 8.92. The summed E-state index contributed by atoms with van der Waals surface area (Å²) in [7, 11) is 0. The average molecular weight is 364 g/mol. The quantitative estimate of drug-likeness (QED) is 0.722. The van der Waals surface area contributed by atoms with Crippen LogP contribution in [0.3, 0.4) is 0 Å². The van der Waals surface area contributed by atoms with Crippen molar-refractivity contribution in [3.63, 3.8) is 0 Å². The third kappa shape index (κ3) is 4.25. The lowest BCUT2D eigenvalue weighted by Crippen LogP contribution is -2.20. The summed E-state index contributed by atoms with van der Waals surface area (Å²) in [6.45, 7) is 2.14. The van der Waals surface area contributed by atoms with Gasteiger partial charge in [-0.1, -0.05) is 0 Å². The summed E-state index contributed by atoms with van der Waals surface area (Å²) in [5.74, 6) is 0.833. The van der Waals surface area contributed by atoms with E-state index < -0.39 is 0 Å². The lowest BCUT2D eigenvalue weighted by molar-refractivity contribution is -0.118. The number of ether oxygens (including phenoxy) is 1. The summed E-state index contributed by atoms with van der Waals surface area (Å²) >= 11 is 0. The van der Waals surface area contributed by atoms with E-state index in [1.807, 2.05) is 24.3 Å². The van der Waals surface area contributed by atoms with Crippen LogP contribution in [0.4, 0.5) is 11.4 Å². The second-order valence-corrected chi connectivity index (χ2v) is 6.35. The number of benzene rings is 2. The first kappa shape index (κ1) is 17.1. The molecular weight excluding hydrogens is 344 g/mol. The SMILES string of the molecule is O=C(COc1ccc(-c2nnco2)cc1)Nc1ccc(N2CCCC2)cc1. The molecule has 2 aromatic carbocycles. The molecule has 1 aliphatic rings. The van der Waals surface area contributed by atoms with Crippen LogP contribution in [0.25, 0.3) is 11.5 Å². The Kier molecular flexibility index (Phi) is 5.00. The molecule has 27 heavy (non-hydrogen) atoms. The van der Waals surface area contributed by atoms with Crippen LogP contribution < -0.4 is 15.0 Å². The van der Waals surface area contributed by atoms with Crippen molar-refractivity contribution in [1.29, 1.82) is 0 Å². The van der Waals surface area contributed by atoms with E-state index in [1.54, 1.807) is 24.3 Å². The van der Waals surface area contributed by atoms with Gasteiger partial charge in [0.1, 0.15) is 5.75 Å². The van der Waals surface area contributed by atoms with Crippen molar-refractivity contribution in [2.45, 2.75) is 12.8 Å². The van der Waals surface area contributed by atoms with Gasteiger partial charge in [-0.05, 0) is 61.4 Å². The van der Waals surface area contributed by atoms with Crippen LogP contribution in [0.2, 0.25) is 0 Å². The van der Waals surface area contributed by atoms with E-state index in [-0.39, 0.29) is 12.5 Å². The molecule has 0 saturated carbocycles. The van der Waals surface area contributed by atoms with Crippen LogP contribution in [0.15, 0.2) is 59.3 Å². The van der Waals surface area contributed by atoms with Gasteiger partial charge in [-0.2, -0.15) is 0 Å². The predicted octanol–water partition coefficient (Wildman–Crippen LogP) is 3.35. The third-order valence-electron chi connectivity index (χ3n) is 4.45. The second-order valence-electron chi connectivity index (χ2n) is 6.35. The van der Waals surface area contributed by atoms with E-state index >= 15 is 0 Å². The molecule has 1 fully saturated rings. The van der Waals surface area contributed by atoms with Crippen LogP contribution in [-0.4, -0.2) is 35.8 Å². The molecule has 1 amide bonds. The fraction of sp³-hybridized carbons (Fsp3) is 0.250. The van der Waals surface area contributed by atoms with Crippen molar-refractivity contribution in [3.05, 3.63) is 54.9 Å². The van der Waals surface area contributed by atoms with Gasteiger partial charge < -0.3 is 19.4 Å². The Morgan fingerprint density at radius 1 is 1.07 bits per heavy atom. The number of hydrogen-bond acceptors (Lipinski definition) is 6. The summed E-state index contributed by atoms with van der Waals surface area (Å²) < 4.78 is 10.7. The molecule has 138 valence electrons. The van der Waals surface area contributed by atoms with Gasteiger partial charge in [0, 0.05) is 30.0 Å². The molecule has 0 radical (unpaired) electrons. The molecule has 1 saturated heterocycles. The van der Waals surface area contributed by atoms with Crippen molar-refractivity contribution < 1.29 is 13.9 Å². The molecule has 3 aromatic rings. The molecule has 4 rings (SSSR count). The number of amides is 1. The Morgan fingerprint density at radius 2 is 1.81 bits per heavy atom. The zero-order chi connectivity index (χ0) is 18.5. The van der Waals surface area contributed by atoms with Crippen molar-refractivity contribution in [2.75, 3.05) is 29.9 Å². The molecule has 7 heteroatoms. The number of rotatable bonds is 6. The molecule has 2 heterocycles. The second kappa shape index (κ2) is 7.90. The Hall–Kier alpha value is -3.35. The fourth-order valence-electron chi connectivity index (χ4n) is 3.07. The zero-order valence-electron chi connectivity index (χ0n) is 14.8. The first-order chi connectivity index (χ1) is 13.3. The summed E-state index contributed by atoms with van der Waals surface area (Å²) in [6.07, 6.45) is 3.76. The van der Waals surface area contributed by atoms with Crippen molar-refractivity contribution >= 4 is 17.3 Å². The maximum Gasteiger partial charge on any atom is 0.262 e. The van der Waals surface area contributed by atoms with E-state index in [0.717, 1.165) is 24.3 Å². The minimum atomic E-state index is -0.204. The highest BCUT2D eigenvalue weighted by Crippen LogP contribution is 2.22. The minimum absolute atomic E-state index is 0.0617. The van der Waals surface area contributed by atoms with Crippen molar-refractivity contribution in [3.8, 4) is 17.2 Å². The molecular formula is C20H20N4O3. The van der Waals surface area contributed by atoms with Gasteiger partial charge in [-0.3, -0.25) is 4.79 Å². The Morgan fingerprint density at radius 3 is 2.48 bits per heavy atom. The first-order valence-corrected chi connectivity index (χ1v) is 8.92. The molecule has 0 atom stereocenters. The molecule has 7 nitrogen and oxygen atoms in total. The van der Waals surface area contributed by atoms with Crippen LogP contribution in [0.1, 0.15) is 12.8 Å². The van der Waals surface area contributed by atoms with Crippen molar-refractivity contribution in [1.82, 2.24) is 10.2 Å². The molecule has 1 aromatic heterocycles. The molecule has 1 N–H and O–H groups in total. The van der Waals surface area contributed by atoms with Gasteiger partial charge in [0.2, 0.25) is 12.3 Å². The van der Waals surface area contributed by atoms with Gasteiger partial charge in [-0.15, -0.1) is 10.2 Å². The number of carbonyl (C=O) groups is 1. The number of aromatic nitrogens is 2. The van der Waals surface area contributed by atoms with Crippen LogP contribution in [-0.2, 0) is 4.79 Å². The molecule has 1 aliphatic heterocycles. The predicted molar refractivity (Wildman–Crippen MR) is 102 cm³/mol. The van der Waals surface area contributed by atoms with Crippen molar-refractivity contribution in [2.24, 2.45) is 0 Å². The average Bonchev–Trinajstić information content (AvgIpc) is 3.41. The van der Waals surface area contributed by atoms with Crippen LogP contribution in [0.5, 0.6) is 5.75 Å². The number of carbonyl (C=O) groups excluding carboxylic acids is 1. The lowest BCUT2D eigenvalue weighted by Gasteiger charge is -2.17. The highest BCUT2D eigenvalue weighted by atomic mass is 16.5. The molecule has 0 aliphatic carbocycles. The normalized spacial score (nSPS) is 13.6. The van der Waals surface area contributed by atoms with E-state index in [1.165, 1.54) is 24.9 Å². The topological polar surface area (TPSA) is 80.5 Å². The van der Waals surface area contributed by atoms with E-state index in [0.29, 0.717) is 11.6 Å². The van der Waals surface area contributed by atoms with Crippen LogP contribution in [0, 0.1) is 0 Å². The third-order valence-corrected chi connectivity index (χ3v) is 4.45. The van der Waals surface area contributed by atoms with Gasteiger partial charge in [0.05, 0.1) is 0 Å². The zero-order valence-corrected chi connectivity index (χ0v) is 14.8. The van der Waals surface area contributed by atoms with Gasteiger partial charge in [0.15, 0.2) is 6.61 Å². The van der Waals surface area contributed by atoms with E-state index in [4.69, 9.17) is 9.15 Å². The summed E-state index contributed by atoms with van der Waals surface area (Å²) in [4.78, 5) is 14.5. The van der Waals surface area contributed by atoms with Crippen LogP contribution >= 0.6 is 0 Å². The number of nitrogens with zero attached hydrogens (tertiary/aromatic N) is 3. The van der Waals surface area contributed by atoms with Gasteiger partial charge in [-0.25, -0.2) is 0 Å². The molecule has 0 bridgehead atoms. The molecule has 0 unspecified atom stereocenters. The summed E-state index contributed by atoms with van der Waals surface area (Å²) in [6, 6.07) is 15.1. The number of anilines is 2. The monoisotopic (exact) mass is 364 g/mol. The highest BCUT2D eigenvalue weighted by Gasteiger charge is 2.12. The summed E-state index contributed by atoms with van der Waals surface area (Å²) in [5, 5.41) is 10.3. The smallest absolute Gasteiger partial charge is 0.262 e.